The van der Waals surface area contributed by atoms with E-state index in [1.54, 1.807) is 56.3 Å². The molecule has 0 unspecified atom stereocenters. The molecule has 9 nitrogen and oxygen atoms in total. The molecule has 4 aromatic rings. The lowest BCUT2D eigenvalue weighted by Gasteiger charge is -2.14. The predicted molar refractivity (Wildman–Crippen MR) is 151 cm³/mol. The first-order chi connectivity index (χ1) is 18.6. The van der Waals surface area contributed by atoms with Gasteiger partial charge in [0, 0.05) is 5.39 Å². The summed E-state index contributed by atoms with van der Waals surface area (Å²) in [5.41, 5.74) is 0.0144. The van der Waals surface area contributed by atoms with Crippen molar-refractivity contribution < 1.29 is 27.6 Å². The van der Waals surface area contributed by atoms with Crippen molar-refractivity contribution in [2.24, 2.45) is 10.2 Å². The number of carbonyl (C=O) groups is 1. The number of halogens is 2. The highest BCUT2D eigenvalue weighted by molar-refractivity contribution is 7.86. The van der Waals surface area contributed by atoms with Gasteiger partial charge in [0.05, 0.1) is 22.9 Å². The highest BCUT2D eigenvalue weighted by Crippen LogP contribution is 2.42. The highest BCUT2D eigenvalue weighted by Gasteiger charge is 2.24. The number of ether oxygens (including phenoxy) is 1. The van der Waals surface area contributed by atoms with Gasteiger partial charge >= 0.3 is 0 Å². The molecular formula is C27H23Cl2N3O6S. The quantitative estimate of drug-likeness (QED) is 0.142. The van der Waals surface area contributed by atoms with Crippen molar-refractivity contribution in [1.29, 1.82) is 0 Å². The van der Waals surface area contributed by atoms with E-state index in [0.29, 0.717) is 23.1 Å². The van der Waals surface area contributed by atoms with Gasteiger partial charge in [-0.1, -0.05) is 66.5 Å². The first-order valence-electron chi connectivity index (χ1n) is 11.7. The fraction of sp³-hybridized carbons (Fsp3) is 0.148. The lowest BCUT2D eigenvalue weighted by atomic mass is 10.0. The summed E-state index contributed by atoms with van der Waals surface area (Å²) in [6.45, 7) is 3.88. The summed E-state index contributed by atoms with van der Waals surface area (Å²) in [4.78, 5) is 12.8. The molecule has 0 bridgehead atoms. The summed E-state index contributed by atoms with van der Waals surface area (Å²) in [7, 11) is -4.71. The van der Waals surface area contributed by atoms with Crippen molar-refractivity contribution in [3.8, 4) is 11.5 Å². The molecule has 0 aliphatic heterocycles. The number of azo groups is 1. The molecule has 0 heterocycles. The Morgan fingerprint density at radius 2 is 1.72 bits per heavy atom. The molecular weight excluding hydrogens is 565 g/mol. The number of nitrogens with one attached hydrogen (secondary N) is 1. The number of carbonyl (C=O) groups excluding carboxylic acids is 1. The number of hydrogen-bond acceptors (Lipinski definition) is 7. The van der Waals surface area contributed by atoms with Gasteiger partial charge in [-0.25, -0.2) is 0 Å². The Bertz CT molecular complexity index is 1720. The minimum absolute atomic E-state index is 0.0786. The molecule has 0 fully saturated rings. The fourth-order valence-electron chi connectivity index (χ4n) is 4.00. The maximum absolute atomic E-state index is 13.3. The van der Waals surface area contributed by atoms with Gasteiger partial charge in [0.25, 0.3) is 16.0 Å². The van der Waals surface area contributed by atoms with E-state index in [2.05, 4.69) is 15.5 Å². The number of amides is 1. The van der Waals surface area contributed by atoms with Crippen LogP contribution < -0.4 is 10.1 Å². The molecule has 1 amide bonds. The Balaban J connectivity index is 1.85. The molecule has 12 heteroatoms. The number of rotatable bonds is 8. The van der Waals surface area contributed by atoms with Crippen LogP contribution in [0, 0.1) is 0 Å². The number of benzene rings is 4. The SMILES string of the molecule is CCOc1cccc(NC(=O)c2cc3ccccc3c(N=Nc3c(Cl)ccc(CC)c3S(=O)(=O)O)c2O)c1Cl. The lowest BCUT2D eigenvalue weighted by Crippen LogP contribution is -2.13. The Morgan fingerprint density at radius 3 is 2.41 bits per heavy atom. The third-order valence-electron chi connectivity index (χ3n) is 5.80. The summed E-state index contributed by atoms with van der Waals surface area (Å²) in [5.74, 6) is -0.812. The first kappa shape index (κ1) is 28.3. The second-order valence-electron chi connectivity index (χ2n) is 8.26. The Hall–Kier alpha value is -3.70. The standard InChI is InChI=1S/C27H23Cl2N3O6S/c1-3-15-12-13-19(28)24(26(15)39(35,36)37)32-31-23-17-9-6-5-8-16(17)14-18(25(23)33)27(34)30-20-10-7-11-21(22(20)29)38-4-2/h5-14,33H,3-4H2,1-2H3,(H,30,34)(H,35,36,37). The summed E-state index contributed by atoms with van der Waals surface area (Å²) < 4.78 is 39.6. The number of phenols is 1. The van der Waals surface area contributed by atoms with Crippen molar-refractivity contribution in [3.05, 3.63) is 81.8 Å². The molecule has 39 heavy (non-hydrogen) atoms. The number of phenolic OH excluding ortho intramolecular Hbond substituents is 1. The zero-order chi connectivity index (χ0) is 28.3. The van der Waals surface area contributed by atoms with E-state index in [9.17, 15) is 22.9 Å². The number of hydrogen-bond donors (Lipinski definition) is 3. The molecule has 0 aliphatic rings. The van der Waals surface area contributed by atoms with Crippen LogP contribution in [0.15, 0.2) is 75.8 Å². The van der Waals surface area contributed by atoms with Gasteiger partial charge in [0.1, 0.15) is 27.0 Å². The second kappa shape index (κ2) is 11.6. The van der Waals surface area contributed by atoms with Crippen LogP contribution in [0.2, 0.25) is 10.0 Å². The maximum Gasteiger partial charge on any atom is 0.297 e. The molecule has 0 saturated carbocycles. The van der Waals surface area contributed by atoms with Crippen LogP contribution in [-0.4, -0.2) is 30.6 Å². The molecule has 0 spiro atoms. The van der Waals surface area contributed by atoms with Gasteiger partial charge in [-0.15, -0.1) is 10.2 Å². The zero-order valence-corrected chi connectivity index (χ0v) is 23.1. The maximum atomic E-state index is 13.3. The predicted octanol–water partition coefficient (Wildman–Crippen LogP) is 7.73. The number of nitrogens with zero attached hydrogens (tertiary/aromatic N) is 2. The molecule has 202 valence electrons. The summed E-state index contributed by atoms with van der Waals surface area (Å²) in [6.07, 6.45) is 0.270. The Kier molecular flexibility index (Phi) is 8.41. The van der Waals surface area contributed by atoms with E-state index >= 15 is 0 Å². The largest absolute Gasteiger partial charge is 0.505 e. The topological polar surface area (TPSA) is 138 Å². The van der Waals surface area contributed by atoms with Crippen molar-refractivity contribution >= 4 is 67.1 Å². The highest BCUT2D eigenvalue weighted by atomic mass is 35.5. The molecule has 0 aromatic heterocycles. The van der Waals surface area contributed by atoms with Crippen molar-refractivity contribution in [2.45, 2.75) is 25.2 Å². The van der Waals surface area contributed by atoms with Crippen molar-refractivity contribution in [1.82, 2.24) is 0 Å². The average molecular weight is 588 g/mol. The van der Waals surface area contributed by atoms with Crippen LogP contribution in [0.1, 0.15) is 29.8 Å². The van der Waals surface area contributed by atoms with Crippen molar-refractivity contribution in [2.75, 3.05) is 11.9 Å². The summed E-state index contributed by atoms with van der Waals surface area (Å²) in [5, 5.41) is 23.0. The van der Waals surface area contributed by atoms with Gasteiger partial charge in [0.15, 0.2) is 5.75 Å². The smallest absolute Gasteiger partial charge is 0.297 e. The Morgan fingerprint density at radius 1 is 1.00 bits per heavy atom. The third kappa shape index (κ3) is 5.84. The van der Waals surface area contributed by atoms with E-state index in [-0.39, 0.29) is 44.7 Å². The fourth-order valence-corrected chi connectivity index (χ4v) is 5.42. The van der Waals surface area contributed by atoms with Crippen LogP contribution in [0.3, 0.4) is 0 Å². The third-order valence-corrected chi connectivity index (χ3v) is 7.47. The van der Waals surface area contributed by atoms with Gasteiger partial charge < -0.3 is 15.2 Å². The molecule has 3 N–H and O–H groups in total. The number of aryl methyl sites for hydroxylation is 1. The lowest BCUT2D eigenvalue weighted by molar-refractivity contribution is 0.102. The molecule has 4 aromatic carbocycles. The average Bonchev–Trinajstić information content (AvgIpc) is 2.90. The number of fused-ring (bicyclic) bond motifs is 1. The summed E-state index contributed by atoms with van der Waals surface area (Å²) in [6, 6.07) is 16.1. The van der Waals surface area contributed by atoms with E-state index in [1.807, 2.05) is 0 Å². The minimum atomic E-state index is -4.71. The van der Waals surface area contributed by atoms with Crippen LogP contribution in [0.5, 0.6) is 11.5 Å². The van der Waals surface area contributed by atoms with E-state index < -0.39 is 26.7 Å². The van der Waals surface area contributed by atoms with Crippen LogP contribution in [-0.2, 0) is 16.5 Å². The van der Waals surface area contributed by atoms with Crippen LogP contribution in [0.25, 0.3) is 10.8 Å². The first-order valence-corrected chi connectivity index (χ1v) is 13.9. The normalized spacial score (nSPS) is 11.7. The van der Waals surface area contributed by atoms with Crippen LogP contribution in [0.4, 0.5) is 17.1 Å². The monoisotopic (exact) mass is 587 g/mol. The number of aromatic hydroxyl groups is 1. The summed E-state index contributed by atoms with van der Waals surface area (Å²) >= 11 is 12.6. The van der Waals surface area contributed by atoms with Crippen molar-refractivity contribution in [3.63, 3.8) is 0 Å². The molecule has 0 aliphatic carbocycles. The molecule has 4 rings (SSSR count). The molecule has 0 atom stereocenters. The van der Waals surface area contributed by atoms with Gasteiger partial charge in [-0.05, 0) is 48.6 Å². The minimum Gasteiger partial charge on any atom is -0.505 e. The zero-order valence-electron chi connectivity index (χ0n) is 20.8. The van der Waals surface area contributed by atoms with E-state index in [1.165, 1.54) is 18.2 Å². The van der Waals surface area contributed by atoms with E-state index in [0.717, 1.165) is 0 Å². The number of anilines is 1. The molecule has 0 radical (unpaired) electrons. The van der Waals surface area contributed by atoms with Gasteiger partial charge in [-0.3, -0.25) is 9.35 Å². The van der Waals surface area contributed by atoms with Gasteiger partial charge in [-0.2, -0.15) is 8.42 Å². The van der Waals surface area contributed by atoms with Crippen LogP contribution >= 0.6 is 23.2 Å². The second-order valence-corrected chi connectivity index (χ2v) is 10.4. The Labute approximate surface area is 234 Å². The molecule has 0 saturated heterocycles. The van der Waals surface area contributed by atoms with Gasteiger partial charge in [0.2, 0.25) is 0 Å². The van der Waals surface area contributed by atoms with E-state index in [4.69, 9.17) is 27.9 Å².